The Hall–Kier alpha value is -0.900. The van der Waals surface area contributed by atoms with Crippen LogP contribution in [0.15, 0.2) is 5.38 Å². The fourth-order valence-electron chi connectivity index (χ4n) is 0.677. The molecule has 1 rings (SSSR count). The quantitative estimate of drug-likeness (QED) is 0.735. The van der Waals surface area contributed by atoms with Gasteiger partial charge < -0.3 is 5.11 Å². The van der Waals surface area contributed by atoms with E-state index in [1.807, 2.05) is 12.3 Å². The molecule has 0 spiro atoms. The Balaban J connectivity index is 2.84. The van der Waals surface area contributed by atoms with Crippen LogP contribution < -0.4 is 0 Å². The third-order valence-electron chi connectivity index (χ3n) is 1.38. The van der Waals surface area contributed by atoms with Crippen molar-refractivity contribution in [3.8, 4) is 0 Å². The maximum atomic E-state index is 10.5. The number of nitrogens with zero attached hydrogens (tertiary/aromatic N) is 1. The second-order valence-electron chi connectivity index (χ2n) is 2.39. The minimum atomic E-state index is -0.820. The molecule has 1 N–H and O–H groups in total. The van der Waals surface area contributed by atoms with Crippen molar-refractivity contribution in [3.05, 3.63) is 16.1 Å². The Labute approximate surface area is 68.7 Å². The second kappa shape index (κ2) is 3.00. The summed E-state index contributed by atoms with van der Waals surface area (Å²) < 4.78 is 0. The maximum absolute atomic E-state index is 10.5. The van der Waals surface area contributed by atoms with Gasteiger partial charge in [0.05, 0.1) is 0 Å². The molecule has 1 aromatic rings. The summed E-state index contributed by atoms with van der Waals surface area (Å²) >= 11 is 1.39. The molecule has 0 bridgehead atoms. The summed E-state index contributed by atoms with van der Waals surface area (Å²) in [4.78, 5) is 14.5. The number of hydrogen-bond acceptors (Lipinski definition) is 3. The van der Waals surface area contributed by atoms with E-state index in [1.165, 1.54) is 11.3 Å². The molecular weight excluding hydrogens is 162 g/mol. The second-order valence-corrected chi connectivity index (χ2v) is 3.28. The van der Waals surface area contributed by atoms with E-state index < -0.39 is 11.9 Å². The minimum Gasteiger partial charge on any atom is -0.481 e. The lowest BCUT2D eigenvalue weighted by Gasteiger charge is -1.98. The summed E-state index contributed by atoms with van der Waals surface area (Å²) in [6.45, 7) is 3.50. The van der Waals surface area contributed by atoms with Crippen molar-refractivity contribution in [1.29, 1.82) is 0 Å². The molecule has 0 fully saturated rings. The number of carboxylic acid groups (broad SMARTS) is 1. The Morgan fingerprint density at radius 2 is 2.45 bits per heavy atom. The molecule has 4 heteroatoms. The van der Waals surface area contributed by atoms with Gasteiger partial charge in [-0.25, -0.2) is 4.98 Å². The molecule has 0 amide bonds. The summed E-state index contributed by atoms with van der Waals surface area (Å²) in [6, 6.07) is 0. The Morgan fingerprint density at radius 1 is 1.82 bits per heavy atom. The summed E-state index contributed by atoms with van der Waals surface area (Å²) in [6.07, 6.45) is 0. The zero-order valence-electron chi connectivity index (χ0n) is 6.37. The predicted octanol–water partition coefficient (Wildman–Crippen LogP) is 1.64. The molecule has 11 heavy (non-hydrogen) atoms. The Kier molecular flexibility index (Phi) is 2.24. The fourth-order valence-corrected chi connectivity index (χ4v) is 1.52. The highest BCUT2D eigenvalue weighted by Crippen LogP contribution is 2.19. The number of aromatic nitrogens is 1. The van der Waals surface area contributed by atoms with E-state index in [-0.39, 0.29) is 0 Å². The molecule has 0 radical (unpaired) electrons. The Morgan fingerprint density at radius 3 is 2.82 bits per heavy atom. The smallest absolute Gasteiger partial charge is 0.313 e. The summed E-state index contributed by atoms with van der Waals surface area (Å²) in [7, 11) is 0. The normalized spacial score (nSPS) is 12.9. The highest BCUT2D eigenvalue weighted by Gasteiger charge is 2.16. The third kappa shape index (κ3) is 1.77. The summed E-state index contributed by atoms with van der Waals surface area (Å²) in [5.41, 5.74) is 0.887. The van der Waals surface area contributed by atoms with Gasteiger partial charge in [-0.2, -0.15) is 0 Å². The van der Waals surface area contributed by atoms with Crippen LogP contribution in [0.5, 0.6) is 0 Å². The maximum Gasteiger partial charge on any atom is 0.313 e. The van der Waals surface area contributed by atoms with Crippen LogP contribution in [-0.2, 0) is 4.79 Å². The molecule has 0 aliphatic heterocycles. The van der Waals surface area contributed by atoms with E-state index in [2.05, 4.69) is 4.98 Å². The van der Waals surface area contributed by atoms with Gasteiger partial charge in [0.2, 0.25) is 0 Å². The van der Waals surface area contributed by atoms with Crippen LogP contribution >= 0.6 is 11.3 Å². The van der Waals surface area contributed by atoms with Crippen molar-refractivity contribution in [3.63, 3.8) is 0 Å². The molecule has 0 aliphatic carbocycles. The van der Waals surface area contributed by atoms with Crippen LogP contribution in [0.4, 0.5) is 0 Å². The van der Waals surface area contributed by atoms with Crippen LogP contribution in [0.1, 0.15) is 23.5 Å². The van der Waals surface area contributed by atoms with Crippen LogP contribution in [0, 0.1) is 6.92 Å². The van der Waals surface area contributed by atoms with Crippen molar-refractivity contribution in [2.24, 2.45) is 0 Å². The Bertz CT molecular complexity index is 269. The van der Waals surface area contributed by atoms with E-state index in [1.54, 1.807) is 6.92 Å². The number of hydrogen-bond donors (Lipinski definition) is 1. The fraction of sp³-hybridized carbons (Fsp3) is 0.429. The number of carboxylic acids is 1. The molecule has 0 aliphatic rings. The molecule has 3 nitrogen and oxygen atoms in total. The van der Waals surface area contributed by atoms with Gasteiger partial charge in [0, 0.05) is 11.1 Å². The van der Waals surface area contributed by atoms with Crippen molar-refractivity contribution < 1.29 is 9.90 Å². The van der Waals surface area contributed by atoms with Crippen LogP contribution in [-0.4, -0.2) is 16.1 Å². The van der Waals surface area contributed by atoms with Crippen molar-refractivity contribution in [2.75, 3.05) is 0 Å². The average Bonchev–Trinajstić information content (AvgIpc) is 2.34. The number of thiazole rings is 1. The van der Waals surface area contributed by atoms with Crippen molar-refractivity contribution >= 4 is 17.3 Å². The van der Waals surface area contributed by atoms with Gasteiger partial charge in [-0.1, -0.05) is 0 Å². The SMILES string of the molecule is Cc1csc([C@@H](C)C(=O)O)n1. The standard InChI is InChI=1S/C7H9NO2S/c1-4-3-11-6(8-4)5(2)7(9)10/h3,5H,1-2H3,(H,9,10)/t5-/m1/s1. The lowest BCUT2D eigenvalue weighted by Crippen LogP contribution is -2.06. The number of carbonyl (C=O) groups is 1. The molecule has 0 saturated carbocycles. The summed E-state index contributed by atoms with van der Waals surface area (Å²) in [5, 5.41) is 11.1. The molecule has 1 heterocycles. The zero-order valence-corrected chi connectivity index (χ0v) is 7.18. The van der Waals surface area contributed by atoms with Crippen LogP contribution in [0.3, 0.4) is 0 Å². The van der Waals surface area contributed by atoms with E-state index in [9.17, 15) is 4.79 Å². The molecule has 1 aromatic heterocycles. The molecule has 1 atom stereocenters. The van der Waals surface area contributed by atoms with E-state index in [0.717, 1.165) is 5.69 Å². The topological polar surface area (TPSA) is 50.2 Å². The number of rotatable bonds is 2. The van der Waals surface area contributed by atoms with Gasteiger partial charge in [0.15, 0.2) is 0 Å². The van der Waals surface area contributed by atoms with Gasteiger partial charge in [0.25, 0.3) is 0 Å². The van der Waals surface area contributed by atoms with Gasteiger partial charge in [0.1, 0.15) is 10.9 Å². The van der Waals surface area contributed by atoms with E-state index in [0.29, 0.717) is 5.01 Å². The van der Waals surface area contributed by atoms with Crippen molar-refractivity contribution in [1.82, 2.24) is 4.98 Å². The lowest BCUT2D eigenvalue weighted by molar-refractivity contribution is -0.138. The minimum absolute atomic E-state index is 0.478. The molecular formula is C7H9NO2S. The van der Waals surface area contributed by atoms with Gasteiger partial charge >= 0.3 is 5.97 Å². The first kappa shape index (κ1) is 8.20. The predicted molar refractivity (Wildman–Crippen MR) is 42.9 cm³/mol. The number of aryl methyl sites for hydroxylation is 1. The molecule has 0 aromatic carbocycles. The van der Waals surface area contributed by atoms with Gasteiger partial charge in [-0.3, -0.25) is 4.79 Å². The van der Waals surface area contributed by atoms with Gasteiger partial charge in [-0.15, -0.1) is 11.3 Å². The van der Waals surface area contributed by atoms with Crippen LogP contribution in [0.2, 0.25) is 0 Å². The molecule has 0 saturated heterocycles. The highest BCUT2D eigenvalue weighted by atomic mass is 32.1. The first-order valence-electron chi connectivity index (χ1n) is 3.26. The average molecular weight is 171 g/mol. The van der Waals surface area contributed by atoms with E-state index in [4.69, 9.17) is 5.11 Å². The first-order valence-corrected chi connectivity index (χ1v) is 4.14. The van der Waals surface area contributed by atoms with Crippen LogP contribution in [0.25, 0.3) is 0 Å². The largest absolute Gasteiger partial charge is 0.481 e. The highest BCUT2D eigenvalue weighted by molar-refractivity contribution is 7.09. The zero-order chi connectivity index (χ0) is 8.43. The summed E-state index contributed by atoms with van der Waals surface area (Å²) in [5.74, 6) is -1.30. The monoisotopic (exact) mass is 171 g/mol. The number of aliphatic carboxylic acids is 1. The first-order chi connectivity index (χ1) is 5.11. The van der Waals surface area contributed by atoms with Crippen molar-refractivity contribution in [2.45, 2.75) is 19.8 Å². The molecule has 0 unspecified atom stereocenters. The van der Waals surface area contributed by atoms with Gasteiger partial charge in [-0.05, 0) is 13.8 Å². The molecule has 60 valence electrons. The van der Waals surface area contributed by atoms with E-state index >= 15 is 0 Å². The lowest BCUT2D eigenvalue weighted by atomic mass is 10.2. The third-order valence-corrected chi connectivity index (χ3v) is 2.52.